The lowest BCUT2D eigenvalue weighted by molar-refractivity contribution is 0.288. The first kappa shape index (κ1) is 12.3. The van der Waals surface area contributed by atoms with Gasteiger partial charge in [0.1, 0.15) is 12.4 Å². The normalized spacial score (nSPS) is 16.9. The standard InChI is InChI=1S/C13H17F2NO/c1-9(10-2-3-10)16-6-7-17-13-8-11(14)4-5-12(13)15/h4-5,8-10,16H,2-3,6-7H2,1H3. The Morgan fingerprint density at radius 1 is 1.41 bits per heavy atom. The Morgan fingerprint density at radius 3 is 2.88 bits per heavy atom. The lowest BCUT2D eigenvalue weighted by Crippen LogP contribution is -2.31. The minimum atomic E-state index is -0.526. The molecule has 1 aromatic rings. The summed E-state index contributed by atoms with van der Waals surface area (Å²) in [4.78, 5) is 0. The van der Waals surface area contributed by atoms with Crippen LogP contribution in [0, 0.1) is 17.6 Å². The summed E-state index contributed by atoms with van der Waals surface area (Å²) < 4.78 is 31.2. The molecule has 0 radical (unpaired) electrons. The van der Waals surface area contributed by atoms with Gasteiger partial charge in [0.25, 0.3) is 0 Å². The van der Waals surface area contributed by atoms with Crippen LogP contribution in [0.2, 0.25) is 0 Å². The van der Waals surface area contributed by atoms with E-state index in [9.17, 15) is 8.78 Å². The van der Waals surface area contributed by atoms with Crippen molar-refractivity contribution in [2.75, 3.05) is 13.2 Å². The number of ether oxygens (including phenoxy) is 1. The van der Waals surface area contributed by atoms with Crippen molar-refractivity contribution in [3.05, 3.63) is 29.8 Å². The molecule has 2 nitrogen and oxygen atoms in total. The zero-order valence-electron chi connectivity index (χ0n) is 9.88. The quantitative estimate of drug-likeness (QED) is 0.773. The molecule has 0 heterocycles. The van der Waals surface area contributed by atoms with Crippen LogP contribution >= 0.6 is 0 Å². The lowest BCUT2D eigenvalue weighted by Gasteiger charge is -2.13. The average molecular weight is 241 g/mol. The summed E-state index contributed by atoms with van der Waals surface area (Å²) in [5, 5.41) is 3.31. The third-order valence-corrected chi connectivity index (χ3v) is 3.05. The number of hydrogen-bond donors (Lipinski definition) is 1. The van der Waals surface area contributed by atoms with Gasteiger partial charge in [0.15, 0.2) is 11.6 Å². The highest BCUT2D eigenvalue weighted by molar-refractivity contribution is 5.24. The van der Waals surface area contributed by atoms with Gasteiger partial charge in [-0.3, -0.25) is 0 Å². The Hall–Kier alpha value is -1.16. The molecule has 0 amide bonds. The molecule has 17 heavy (non-hydrogen) atoms. The minimum absolute atomic E-state index is 0.0223. The second-order valence-electron chi connectivity index (χ2n) is 4.50. The van der Waals surface area contributed by atoms with E-state index < -0.39 is 11.6 Å². The average Bonchev–Trinajstić information content (AvgIpc) is 3.12. The van der Waals surface area contributed by atoms with E-state index in [4.69, 9.17) is 4.74 Å². The molecular weight excluding hydrogens is 224 g/mol. The summed E-state index contributed by atoms with van der Waals surface area (Å²) in [6.07, 6.45) is 2.57. The molecule has 94 valence electrons. The molecular formula is C13H17F2NO. The Bertz CT molecular complexity index is 380. The smallest absolute Gasteiger partial charge is 0.165 e. The van der Waals surface area contributed by atoms with Gasteiger partial charge >= 0.3 is 0 Å². The summed E-state index contributed by atoms with van der Waals surface area (Å²) in [7, 11) is 0. The summed E-state index contributed by atoms with van der Waals surface area (Å²) >= 11 is 0. The van der Waals surface area contributed by atoms with Gasteiger partial charge in [-0.05, 0) is 37.8 Å². The van der Waals surface area contributed by atoms with Gasteiger partial charge in [-0.2, -0.15) is 0 Å². The van der Waals surface area contributed by atoms with E-state index >= 15 is 0 Å². The van der Waals surface area contributed by atoms with Gasteiger partial charge < -0.3 is 10.1 Å². The third-order valence-electron chi connectivity index (χ3n) is 3.05. The molecule has 1 fully saturated rings. The largest absolute Gasteiger partial charge is 0.489 e. The maximum atomic E-state index is 13.2. The van der Waals surface area contributed by atoms with Gasteiger partial charge in [0.05, 0.1) is 0 Å². The van der Waals surface area contributed by atoms with E-state index in [1.165, 1.54) is 12.8 Å². The van der Waals surface area contributed by atoms with Crippen molar-refractivity contribution in [2.24, 2.45) is 5.92 Å². The predicted octanol–water partition coefficient (Wildman–Crippen LogP) is 2.73. The fraction of sp³-hybridized carbons (Fsp3) is 0.538. The van der Waals surface area contributed by atoms with Crippen LogP contribution in [0.5, 0.6) is 5.75 Å². The van der Waals surface area contributed by atoms with Gasteiger partial charge in [-0.25, -0.2) is 8.78 Å². The fourth-order valence-corrected chi connectivity index (χ4v) is 1.80. The van der Waals surface area contributed by atoms with Crippen molar-refractivity contribution in [1.82, 2.24) is 5.32 Å². The zero-order valence-corrected chi connectivity index (χ0v) is 9.88. The number of rotatable bonds is 6. The Morgan fingerprint density at radius 2 is 2.18 bits per heavy atom. The molecule has 1 aliphatic rings. The van der Waals surface area contributed by atoms with Gasteiger partial charge in [0, 0.05) is 18.7 Å². The fourth-order valence-electron chi connectivity index (χ4n) is 1.80. The molecule has 0 aliphatic heterocycles. The van der Waals surface area contributed by atoms with Crippen LogP contribution in [0.15, 0.2) is 18.2 Å². The van der Waals surface area contributed by atoms with E-state index in [0.717, 1.165) is 24.1 Å². The molecule has 0 spiro atoms. The van der Waals surface area contributed by atoms with Crippen molar-refractivity contribution in [1.29, 1.82) is 0 Å². The monoisotopic (exact) mass is 241 g/mol. The van der Waals surface area contributed by atoms with Crippen LogP contribution in [-0.4, -0.2) is 19.2 Å². The van der Waals surface area contributed by atoms with Crippen LogP contribution in [-0.2, 0) is 0 Å². The van der Waals surface area contributed by atoms with Crippen molar-refractivity contribution in [2.45, 2.75) is 25.8 Å². The highest BCUT2D eigenvalue weighted by Crippen LogP contribution is 2.32. The Balaban J connectivity index is 1.71. The minimum Gasteiger partial charge on any atom is -0.489 e. The van der Waals surface area contributed by atoms with Crippen LogP contribution in [0.25, 0.3) is 0 Å². The molecule has 1 atom stereocenters. The zero-order chi connectivity index (χ0) is 12.3. The molecule has 1 aromatic carbocycles. The molecule has 1 saturated carbocycles. The summed E-state index contributed by atoms with van der Waals surface area (Å²) in [6.45, 7) is 3.13. The second-order valence-corrected chi connectivity index (χ2v) is 4.50. The van der Waals surface area contributed by atoms with Crippen molar-refractivity contribution in [3.8, 4) is 5.75 Å². The number of hydrogen-bond acceptors (Lipinski definition) is 2. The molecule has 1 aliphatic carbocycles. The predicted molar refractivity (Wildman–Crippen MR) is 62.0 cm³/mol. The van der Waals surface area contributed by atoms with Crippen molar-refractivity contribution in [3.63, 3.8) is 0 Å². The van der Waals surface area contributed by atoms with Crippen molar-refractivity contribution < 1.29 is 13.5 Å². The maximum absolute atomic E-state index is 13.2. The Kier molecular flexibility index (Phi) is 3.94. The summed E-state index contributed by atoms with van der Waals surface area (Å²) in [5.74, 6) is -0.255. The summed E-state index contributed by atoms with van der Waals surface area (Å²) in [5.41, 5.74) is 0. The van der Waals surface area contributed by atoms with Gasteiger partial charge in [0.2, 0.25) is 0 Å². The van der Waals surface area contributed by atoms with E-state index in [2.05, 4.69) is 12.2 Å². The maximum Gasteiger partial charge on any atom is 0.165 e. The van der Waals surface area contributed by atoms with Gasteiger partial charge in [-0.15, -0.1) is 0 Å². The molecule has 0 bridgehead atoms. The van der Waals surface area contributed by atoms with E-state index in [-0.39, 0.29) is 5.75 Å². The number of nitrogens with one attached hydrogen (secondary N) is 1. The molecule has 4 heteroatoms. The second kappa shape index (κ2) is 5.45. The summed E-state index contributed by atoms with van der Waals surface area (Å²) in [6, 6.07) is 3.70. The third kappa shape index (κ3) is 3.66. The highest BCUT2D eigenvalue weighted by Gasteiger charge is 2.27. The molecule has 1 unspecified atom stereocenters. The molecule has 0 saturated heterocycles. The van der Waals surface area contributed by atoms with E-state index in [1.807, 2.05) is 0 Å². The lowest BCUT2D eigenvalue weighted by atomic mass is 10.2. The van der Waals surface area contributed by atoms with E-state index in [0.29, 0.717) is 19.2 Å². The molecule has 1 N–H and O–H groups in total. The van der Waals surface area contributed by atoms with Crippen molar-refractivity contribution >= 4 is 0 Å². The van der Waals surface area contributed by atoms with Crippen LogP contribution < -0.4 is 10.1 Å². The van der Waals surface area contributed by atoms with Gasteiger partial charge in [-0.1, -0.05) is 0 Å². The first-order valence-corrected chi connectivity index (χ1v) is 5.98. The number of halogens is 2. The highest BCUT2D eigenvalue weighted by atomic mass is 19.1. The SMILES string of the molecule is CC(NCCOc1cc(F)ccc1F)C1CC1. The van der Waals surface area contributed by atoms with Crippen LogP contribution in [0.3, 0.4) is 0 Å². The first-order valence-electron chi connectivity index (χ1n) is 5.98. The Labute approximate surface area is 100.0 Å². The molecule has 0 aromatic heterocycles. The topological polar surface area (TPSA) is 21.3 Å². The molecule has 2 rings (SSSR count). The van der Waals surface area contributed by atoms with E-state index in [1.54, 1.807) is 0 Å². The first-order chi connectivity index (χ1) is 8.16. The van der Waals surface area contributed by atoms with Crippen LogP contribution in [0.1, 0.15) is 19.8 Å². The van der Waals surface area contributed by atoms with Crippen LogP contribution in [0.4, 0.5) is 8.78 Å². The number of benzene rings is 1.